The molecular weight excluding hydrogens is 259 g/mol. The number of halogens is 2. The number of hydrogen-bond donors (Lipinski definition) is 2. The van der Waals surface area contributed by atoms with Gasteiger partial charge in [-0.2, -0.15) is 0 Å². The molecule has 2 heterocycles. The number of rotatable bonds is 2. The Bertz CT molecular complexity index is 358. The van der Waals surface area contributed by atoms with Crippen LogP contribution < -0.4 is 5.32 Å². The minimum Gasteiger partial charge on any atom is -0.508 e. The summed E-state index contributed by atoms with van der Waals surface area (Å²) in [5.74, 6) is 0.350. The van der Waals surface area contributed by atoms with E-state index in [2.05, 4.69) is 10.2 Å². The molecule has 0 spiro atoms. The molecule has 1 aromatic carbocycles. The van der Waals surface area contributed by atoms with Crippen LogP contribution >= 0.6 is 24.8 Å². The maximum absolute atomic E-state index is 9.20. The van der Waals surface area contributed by atoms with Crippen LogP contribution in [-0.4, -0.2) is 35.2 Å². The fraction of sp³-hybridized carbons (Fsp3) is 0.500. The zero-order valence-corrected chi connectivity index (χ0v) is 11.1. The largest absolute Gasteiger partial charge is 0.508 e. The van der Waals surface area contributed by atoms with E-state index >= 15 is 0 Å². The second-order valence-corrected chi connectivity index (χ2v) is 4.59. The van der Waals surface area contributed by atoms with Crippen LogP contribution in [0.25, 0.3) is 0 Å². The van der Waals surface area contributed by atoms with Crippen LogP contribution in [0.4, 0.5) is 0 Å². The number of nitrogens with zero attached hydrogens (tertiary/aromatic N) is 1. The van der Waals surface area contributed by atoms with Gasteiger partial charge in [-0.25, -0.2) is 0 Å². The Kier molecular flexibility index (Phi) is 5.07. The van der Waals surface area contributed by atoms with Crippen LogP contribution in [0.15, 0.2) is 24.3 Å². The van der Waals surface area contributed by atoms with Crippen molar-refractivity contribution in [3.05, 3.63) is 29.8 Å². The van der Waals surface area contributed by atoms with E-state index in [0.717, 1.165) is 19.1 Å². The van der Waals surface area contributed by atoms with Crippen LogP contribution in [0, 0.1) is 0 Å². The van der Waals surface area contributed by atoms with Gasteiger partial charge in [0.05, 0.1) is 0 Å². The third-order valence-corrected chi connectivity index (χ3v) is 3.49. The number of benzene rings is 1. The standard InChI is InChI=1S/C12H16N2O.2ClH/c15-12-3-1-9(2-4-12)7-14-8-10-5-11(14)6-13-10;;/h1-4,10-11,13,15H,5-8H2;2*1H/t10-,11?;;/m0../s1. The third-order valence-electron chi connectivity index (χ3n) is 3.49. The van der Waals surface area contributed by atoms with Crippen molar-refractivity contribution in [2.75, 3.05) is 13.1 Å². The minimum absolute atomic E-state index is 0. The summed E-state index contributed by atoms with van der Waals surface area (Å²) in [6.45, 7) is 3.33. The van der Waals surface area contributed by atoms with Gasteiger partial charge in [0.15, 0.2) is 0 Å². The Morgan fingerprint density at radius 3 is 2.47 bits per heavy atom. The summed E-state index contributed by atoms with van der Waals surface area (Å²) in [5.41, 5.74) is 1.29. The molecule has 0 radical (unpaired) electrons. The van der Waals surface area contributed by atoms with E-state index in [9.17, 15) is 5.11 Å². The molecule has 0 saturated carbocycles. The highest BCUT2D eigenvalue weighted by molar-refractivity contribution is 5.85. The zero-order chi connectivity index (χ0) is 10.3. The smallest absolute Gasteiger partial charge is 0.115 e. The van der Waals surface area contributed by atoms with Crippen molar-refractivity contribution in [1.29, 1.82) is 0 Å². The van der Waals surface area contributed by atoms with Gasteiger partial charge in [0.25, 0.3) is 0 Å². The first-order chi connectivity index (χ1) is 7.31. The number of fused-ring (bicyclic) bond motifs is 2. The molecule has 3 rings (SSSR count). The molecule has 2 aliphatic rings. The lowest BCUT2D eigenvalue weighted by molar-refractivity contribution is 0.218. The average Bonchev–Trinajstić information content (AvgIpc) is 2.83. The normalized spacial score (nSPS) is 26.4. The van der Waals surface area contributed by atoms with Crippen molar-refractivity contribution in [1.82, 2.24) is 10.2 Å². The lowest BCUT2D eigenvalue weighted by Gasteiger charge is -2.27. The molecule has 2 aliphatic heterocycles. The van der Waals surface area contributed by atoms with Crippen LogP contribution in [-0.2, 0) is 6.54 Å². The summed E-state index contributed by atoms with van der Waals surface area (Å²) in [5, 5.41) is 12.7. The van der Waals surface area contributed by atoms with Gasteiger partial charge in [0.2, 0.25) is 0 Å². The minimum atomic E-state index is 0. The van der Waals surface area contributed by atoms with Gasteiger partial charge in [-0.05, 0) is 24.1 Å². The summed E-state index contributed by atoms with van der Waals surface area (Å²) in [6, 6.07) is 8.99. The van der Waals surface area contributed by atoms with E-state index in [-0.39, 0.29) is 24.8 Å². The second kappa shape index (κ2) is 5.91. The van der Waals surface area contributed by atoms with E-state index < -0.39 is 0 Å². The van der Waals surface area contributed by atoms with Crippen molar-refractivity contribution in [2.24, 2.45) is 0 Å². The summed E-state index contributed by atoms with van der Waals surface area (Å²) in [7, 11) is 0. The molecule has 2 fully saturated rings. The van der Waals surface area contributed by atoms with Crippen molar-refractivity contribution in [2.45, 2.75) is 25.0 Å². The average molecular weight is 277 g/mol. The quantitative estimate of drug-likeness (QED) is 0.865. The highest BCUT2D eigenvalue weighted by atomic mass is 35.5. The van der Waals surface area contributed by atoms with Crippen molar-refractivity contribution in [3.63, 3.8) is 0 Å². The summed E-state index contributed by atoms with van der Waals surface area (Å²) < 4.78 is 0. The zero-order valence-electron chi connectivity index (χ0n) is 9.50. The molecule has 3 nitrogen and oxygen atoms in total. The Morgan fingerprint density at radius 1 is 1.24 bits per heavy atom. The number of phenolic OH excluding ortho intramolecular Hbond substituents is 1. The Hall–Kier alpha value is -0.480. The predicted octanol–water partition coefficient (Wildman–Crippen LogP) is 1.78. The van der Waals surface area contributed by atoms with E-state index in [1.165, 1.54) is 18.5 Å². The van der Waals surface area contributed by atoms with Crippen molar-refractivity contribution < 1.29 is 5.11 Å². The Labute approximate surface area is 114 Å². The van der Waals surface area contributed by atoms with Gasteiger partial charge in [0.1, 0.15) is 5.75 Å². The third kappa shape index (κ3) is 3.05. The van der Waals surface area contributed by atoms with E-state index in [4.69, 9.17) is 0 Å². The van der Waals surface area contributed by atoms with Gasteiger partial charge in [-0.1, -0.05) is 12.1 Å². The Balaban J connectivity index is 0.000000722. The molecule has 0 aromatic heterocycles. The molecule has 96 valence electrons. The van der Waals surface area contributed by atoms with E-state index in [0.29, 0.717) is 11.8 Å². The number of phenols is 1. The molecular formula is C12H18Cl2N2O. The molecule has 2 bridgehead atoms. The Morgan fingerprint density at radius 2 is 1.94 bits per heavy atom. The molecule has 5 heteroatoms. The summed E-state index contributed by atoms with van der Waals surface area (Å²) in [4.78, 5) is 2.54. The summed E-state index contributed by atoms with van der Waals surface area (Å²) >= 11 is 0. The molecule has 1 aromatic rings. The topological polar surface area (TPSA) is 35.5 Å². The number of likely N-dealkylation sites (tertiary alicyclic amines) is 1. The first kappa shape index (κ1) is 14.6. The lowest BCUT2D eigenvalue weighted by Crippen LogP contribution is -2.42. The fourth-order valence-electron chi connectivity index (χ4n) is 2.68. The molecule has 2 saturated heterocycles. The van der Waals surface area contributed by atoms with Gasteiger partial charge >= 0.3 is 0 Å². The van der Waals surface area contributed by atoms with Crippen molar-refractivity contribution in [3.8, 4) is 5.75 Å². The van der Waals surface area contributed by atoms with E-state index in [1.807, 2.05) is 12.1 Å². The highest BCUT2D eigenvalue weighted by Gasteiger charge is 2.36. The SMILES string of the molecule is Cl.Cl.Oc1ccc(CN2C[C@@H]3CC2CN3)cc1. The molecule has 0 aliphatic carbocycles. The molecule has 2 N–H and O–H groups in total. The van der Waals surface area contributed by atoms with Gasteiger partial charge in [0, 0.05) is 31.7 Å². The van der Waals surface area contributed by atoms with Gasteiger partial charge in [-0.3, -0.25) is 4.90 Å². The van der Waals surface area contributed by atoms with Gasteiger partial charge in [-0.15, -0.1) is 24.8 Å². The first-order valence-electron chi connectivity index (χ1n) is 5.56. The first-order valence-corrected chi connectivity index (χ1v) is 5.56. The number of nitrogens with one attached hydrogen (secondary N) is 1. The number of piperazine rings is 1. The monoisotopic (exact) mass is 276 g/mol. The van der Waals surface area contributed by atoms with Crippen LogP contribution in [0.1, 0.15) is 12.0 Å². The van der Waals surface area contributed by atoms with Crippen LogP contribution in [0.3, 0.4) is 0 Å². The number of hydrogen-bond acceptors (Lipinski definition) is 3. The molecule has 1 unspecified atom stereocenters. The fourth-order valence-corrected chi connectivity index (χ4v) is 2.68. The van der Waals surface area contributed by atoms with E-state index in [1.54, 1.807) is 12.1 Å². The number of aromatic hydroxyl groups is 1. The highest BCUT2D eigenvalue weighted by Crippen LogP contribution is 2.25. The lowest BCUT2D eigenvalue weighted by atomic mass is 10.2. The second-order valence-electron chi connectivity index (χ2n) is 4.59. The maximum Gasteiger partial charge on any atom is 0.115 e. The van der Waals surface area contributed by atoms with Crippen LogP contribution in [0.5, 0.6) is 5.75 Å². The predicted molar refractivity (Wildman–Crippen MR) is 73.2 cm³/mol. The summed E-state index contributed by atoms with van der Waals surface area (Å²) in [6.07, 6.45) is 1.30. The van der Waals surface area contributed by atoms with Crippen molar-refractivity contribution >= 4 is 24.8 Å². The molecule has 2 atom stereocenters. The molecule has 0 amide bonds. The van der Waals surface area contributed by atoms with Crippen LogP contribution in [0.2, 0.25) is 0 Å². The molecule has 17 heavy (non-hydrogen) atoms. The van der Waals surface area contributed by atoms with Gasteiger partial charge < -0.3 is 10.4 Å². The maximum atomic E-state index is 9.20.